The van der Waals surface area contributed by atoms with Crippen molar-refractivity contribution in [3.8, 4) is 5.75 Å². The number of carbonyl (C=O) groups excluding carboxylic acids is 1. The van der Waals surface area contributed by atoms with Crippen molar-refractivity contribution in [2.75, 3.05) is 19.7 Å². The largest absolute Gasteiger partial charge is 0.493 e. The quantitative estimate of drug-likeness (QED) is 0.845. The number of hydrogen-bond donors (Lipinski definition) is 1. The Morgan fingerprint density at radius 2 is 2.11 bits per heavy atom. The van der Waals surface area contributed by atoms with Crippen molar-refractivity contribution < 1.29 is 9.53 Å². The molecule has 0 radical (unpaired) electrons. The monoisotopic (exact) mass is 259 g/mol. The van der Waals surface area contributed by atoms with Gasteiger partial charge in [0.05, 0.1) is 12.2 Å². The van der Waals surface area contributed by atoms with E-state index in [2.05, 4.69) is 5.32 Å². The van der Waals surface area contributed by atoms with E-state index >= 15 is 0 Å². The number of carbonyl (C=O) groups is 1. The minimum atomic E-state index is 0.219. The molecule has 1 aromatic rings. The van der Waals surface area contributed by atoms with Crippen molar-refractivity contribution >= 4 is 5.78 Å². The van der Waals surface area contributed by atoms with Crippen molar-refractivity contribution in [1.29, 1.82) is 0 Å². The van der Waals surface area contributed by atoms with Gasteiger partial charge in [-0.2, -0.15) is 0 Å². The van der Waals surface area contributed by atoms with Crippen molar-refractivity contribution in [3.63, 3.8) is 0 Å². The van der Waals surface area contributed by atoms with E-state index in [-0.39, 0.29) is 11.7 Å². The maximum Gasteiger partial charge on any atom is 0.170 e. The van der Waals surface area contributed by atoms with Crippen LogP contribution in [0, 0.1) is 11.3 Å². The third kappa shape index (κ3) is 2.27. The average molecular weight is 259 g/mol. The Hall–Kier alpha value is -1.35. The average Bonchev–Trinajstić information content (AvgIpc) is 3.13. The molecule has 0 amide bonds. The molecule has 2 aliphatic rings. The van der Waals surface area contributed by atoms with Gasteiger partial charge in [0.2, 0.25) is 0 Å². The summed E-state index contributed by atoms with van der Waals surface area (Å²) >= 11 is 0. The molecule has 1 saturated heterocycles. The molecule has 102 valence electrons. The molecular formula is C16H21NO2. The van der Waals surface area contributed by atoms with Crippen LogP contribution in [0.2, 0.25) is 0 Å². The molecule has 1 atom stereocenters. The molecule has 3 nitrogen and oxygen atoms in total. The standard InChI is InChI=1S/C16H21NO2/c1-2-19-14-6-4-3-5-12(14)15(18)13-11-16(13)7-9-17-10-8-16/h3-6,13,17H,2,7-11H2,1H3. The van der Waals surface area contributed by atoms with Gasteiger partial charge in [-0.05, 0) is 56.8 Å². The minimum absolute atomic E-state index is 0.219. The number of para-hydroxylation sites is 1. The van der Waals surface area contributed by atoms with Crippen LogP contribution in [-0.2, 0) is 0 Å². The molecular weight excluding hydrogens is 238 g/mol. The fourth-order valence-electron chi connectivity index (χ4n) is 3.33. The molecule has 1 saturated carbocycles. The summed E-state index contributed by atoms with van der Waals surface area (Å²) in [5.41, 5.74) is 1.06. The first-order valence-electron chi connectivity index (χ1n) is 7.23. The first kappa shape index (κ1) is 12.7. The maximum atomic E-state index is 12.7. The summed E-state index contributed by atoms with van der Waals surface area (Å²) in [6, 6.07) is 7.65. The highest BCUT2D eigenvalue weighted by Gasteiger charge is 2.57. The van der Waals surface area contributed by atoms with Crippen LogP contribution in [-0.4, -0.2) is 25.5 Å². The molecule has 19 heavy (non-hydrogen) atoms. The first-order valence-corrected chi connectivity index (χ1v) is 7.23. The topological polar surface area (TPSA) is 38.3 Å². The number of rotatable bonds is 4. The third-order valence-corrected chi connectivity index (χ3v) is 4.56. The number of benzene rings is 1. The molecule has 1 aliphatic heterocycles. The Labute approximate surface area is 114 Å². The molecule has 1 aliphatic carbocycles. The predicted molar refractivity (Wildman–Crippen MR) is 74.6 cm³/mol. The number of nitrogens with one attached hydrogen (secondary N) is 1. The van der Waals surface area contributed by atoms with Crippen molar-refractivity contribution in [2.45, 2.75) is 26.2 Å². The van der Waals surface area contributed by atoms with Crippen molar-refractivity contribution in [3.05, 3.63) is 29.8 Å². The second kappa shape index (κ2) is 4.97. The highest BCUT2D eigenvalue weighted by atomic mass is 16.5. The van der Waals surface area contributed by atoms with E-state index < -0.39 is 0 Å². The van der Waals surface area contributed by atoms with Gasteiger partial charge in [0.25, 0.3) is 0 Å². The van der Waals surface area contributed by atoms with Crippen molar-refractivity contribution in [1.82, 2.24) is 5.32 Å². The van der Waals surface area contributed by atoms with Crippen LogP contribution in [0.4, 0.5) is 0 Å². The highest BCUT2D eigenvalue weighted by Crippen LogP contribution is 2.59. The lowest BCUT2D eigenvalue weighted by Crippen LogP contribution is -2.30. The van der Waals surface area contributed by atoms with Gasteiger partial charge in [-0.15, -0.1) is 0 Å². The van der Waals surface area contributed by atoms with E-state index in [0.717, 1.165) is 43.7 Å². The summed E-state index contributed by atoms with van der Waals surface area (Å²) in [5.74, 6) is 1.24. The summed E-state index contributed by atoms with van der Waals surface area (Å²) in [6.07, 6.45) is 3.34. The second-order valence-electron chi connectivity index (χ2n) is 5.66. The highest BCUT2D eigenvalue weighted by molar-refractivity contribution is 6.02. The number of ether oxygens (including phenoxy) is 1. The molecule has 1 aromatic carbocycles. The number of Topliss-reactive ketones (excluding diaryl/α,β-unsaturated/α-hetero) is 1. The van der Waals surface area contributed by atoms with Gasteiger partial charge in [0.1, 0.15) is 5.75 Å². The van der Waals surface area contributed by atoms with E-state index in [1.807, 2.05) is 31.2 Å². The van der Waals surface area contributed by atoms with E-state index in [0.29, 0.717) is 12.0 Å². The zero-order chi connectivity index (χ0) is 13.3. The summed E-state index contributed by atoms with van der Waals surface area (Å²) in [5, 5.41) is 3.38. The van der Waals surface area contributed by atoms with Crippen LogP contribution >= 0.6 is 0 Å². The third-order valence-electron chi connectivity index (χ3n) is 4.56. The van der Waals surface area contributed by atoms with Gasteiger partial charge in [0.15, 0.2) is 5.78 Å². The fourth-order valence-corrected chi connectivity index (χ4v) is 3.33. The fraction of sp³-hybridized carbons (Fsp3) is 0.562. The van der Waals surface area contributed by atoms with Crippen LogP contribution in [0.5, 0.6) is 5.75 Å². The molecule has 0 aromatic heterocycles. The molecule has 1 spiro atoms. The van der Waals surface area contributed by atoms with E-state index in [1.54, 1.807) is 0 Å². The van der Waals surface area contributed by atoms with Gasteiger partial charge in [0, 0.05) is 5.92 Å². The zero-order valence-electron chi connectivity index (χ0n) is 11.4. The smallest absolute Gasteiger partial charge is 0.170 e. The number of hydrogen-bond acceptors (Lipinski definition) is 3. The summed E-state index contributed by atoms with van der Waals surface area (Å²) in [6.45, 7) is 4.66. The Bertz CT molecular complexity index is 477. The molecule has 2 fully saturated rings. The van der Waals surface area contributed by atoms with Crippen LogP contribution in [0.3, 0.4) is 0 Å². The molecule has 1 heterocycles. The first-order chi connectivity index (χ1) is 9.27. The van der Waals surface area contributed by atoms with E-state index in [9.17, 15) is 4.79 Å². The SMILES string of the molecule is CCOc1ccccc1C(=O)C1CC12CCNCC2. The summed E-state index contributed by atoms with van der Waals surface area (Å²) < 4.78 is 5.58. The second-order valence-corrected chi connectivity index (χ2v) is 5.66. The van der Waals surface area contributed by atoms with Gasteiger partial charge >= 0.3 is 0 Å². The predicted octanol–water partition coefficient (Wildman–Crippen LogP) is 2.66. The van der Waals surface area contributed by atoms with Crippen LogP contribution in [0.15, 0.2) is 24.3 Å². The molecule has 3 heteroatoms. The Morgan fingerprint density at radius 1 is 1.37 bits per heavy atom. The maximum absolute atomic E-state index is 12.7. The normalized spacial score (nSPS) is 24.2. The Kier molecular flexibility index (Phi) is 3.31. The van der Waals surface area contributed by atoms with Gasteiger partial charge in [-0.3, -0.25) is 4.79 Å². The minimum Gasteiger partial charge on any atom is -0.493 e. The van der Waals surface area contributed by atoms with Crippen LogP contribution in [0.25, 0.3) is 0 Å². The Morgan fingerprint density at radius 3 is 2.84 bits per heavy atom. The van der Waals surface area contributed by atoms with Gasteiger partial charge < -0.3 is 10.1 Å². The van der Waals surface area contributed by atoms with Gasteiger partial charge in [-0.25, -0.2) is 0 Å². The van der Waals surface area contributed by atoms with Crippen LogP contribution in [0.1, 0.15) is 36.5 Å². The van der Waals surface area contributed by atoms with E-state index in [1.165, 1.54) is 0 Å². The molecule has 1 unspecified atom stereocenters. The lowest BCUT2D eigenvalue weighted by molar-refractivity contribution is 0.0937. The summed E-state index contributed by atoms with van der Waals surface area (Å²) in [7, 11) is 0. The molecule has 3 rings (SSSR count). The van der Waals surface area contributed by atoms with E-state index in [4.69, 9.17) is 4.74 Å². The summed E-state index contributed by atoms with van der Waals surface area (Å²) in [4.78, 5) is 12.7. The number of ketones is 1. The zero-order valence-corrected chi connectivity index (χ0v) is 11.4. The number of piperidine rings is 1. The van der Waals surface area contributed by atoms with Crippen LogP contribution < -0.4 is 10.1 Å². The molecule has 1 N–H and O–H groups in total. The lowest BCUT2D eigenvalue weighted by Gasteiger charge is -2.23. The van der Waals surface area contributed by atoms with Gasteiger partial charge in [-0.1, -0.05) is 12.1 Å². The molecule has 0 bridgehead atoms. The lowest BCUT2D eigenvalue weighted by atomic mass is 9.89. The van der Waals surface area contributed by atoms with Crippen molar-refractivity contribution in [2.24, 2.45) is 11.3 Å². The Balaban J connectivity index is 1.78.